The Morgan fingerprint density at radius 2 is 1.74 bits per heavy atom. The molecule has 0 radical (unpaired) electrons. The Balaban J connectivity index is 1.58. The van der Waals surface area contributed by atoms with E-state index in [4.69, 9.17) is 0 Å². The second-order valence-corrected chi connectivity index (χ2v) is 7.10. The van der Waals surface area contributed by atoms with Crippen LogP contribution in [0.1, 0.15) is 32.1 Å². The molecule has 0 amide bonds. The van der Waals surface area contributed by atoms with E-state index in [1.165, 1.54) is 37.0 Å². The predicted octanol–water partition coefficient (Wildman–Crippen LogP) is 3.16. The van der Waals surface area contributed by atoms with Crippen molar-refractivity contribution in [3.63, 3.8) is 0 Å². The third kappa shape index (κ3) is 3.33. The molecule has 2 fully saturated rings. The van der Waals surface area contributed by atoms with Crippen molar-refractivity contribution in [3.05, 3.63) is 30.3 Å². The first kappa shape index (κ1) is 13.5. The second kappa shape index (κ2) is 6.29. The summed E-state index contributed by atoms with van der Waals surface area (Å²) in [7, 11) is 0. The minimum atomic E-state index is -0.174. The number of nitrogens with zero attached hydrogens (tertiary/aromatic N) is 1. The normalized spacial score (nSPS) is 29.7. The minimum Gasteiger partial charge on any atom is -0.391 e. The molecule has 1 aliphatic carbocycles. The smallest absolute Gasteiger partial charge is 0.0801 e. The summed E-state index contributed by atoms with van der Waals surface area (Å²) in [5.74, 6) is 0. The van der Waals surface area contributed by atoms with Gasteiger partial charge in [0, 0.05) is 29.3 Å². The van der Waals surface area contributed by atoms with Crippen molar-refractivity contribution in [1.82, 2.24) is 4.90 Å². The van der Waals surface area contributed by atoms with Crippen LogP contribution in [0.25, 0.3) is 0 Å². The number of thioether (sulfide) groups is 1. The van der Waals surface area contributed by atoms with Gasteiger partial charge in [0.25, 0.3) is 0 Å². The van der Waals surface area contributed by atoms with Crippen molar-refractivity contribution in [2.24, 2.45) is 0 Å². The van der Waals surface area contributed by atoms with Crippen LogP contribution in [0.2, 0.25) is 0 Å². The van der Waals surface area contributed by atoms with Crippen LogP contribution in [0.4, 0.5) is 0 Å². The average Bonchev–Trinajstić information content (AvgIpc) is 2.82. The largest absolute Gasteiger partial charge is 0.391 e. The molecule has 0 spiro atoms. The number of aliphatic hydroxyl groups excluding tert-OH is 1. The van der Waals surface area contributed by atoms with Crippen LogP contribution in [-0.2, 0) is 0 Å². The summed E-state index contributed by atoms with van der Waals surface area (Å²) in [5.41, 5.74) is 0. The Morgan fingerprint density at radius 3 is 2.47 bits per heavy atom. The molecular weight excluding hydrogens is 254 g/mol. The summed E-state index contributed by atoms with van der Waals surface area (Å²) < 4.78 is 0. The van der Waals surface area contributed by atoms with Gasteiger partial charge in [-0.2, -0.15) is 0 Å². The van der Waals surface area contributed by atoms with Crippen LogP contribution < -0.4 is 0 Å². The molecule has 1 saturated heterocycles. The zero-order valence-corrected chi connectivity index (χ0v) is 12.2. The second-order valence-electron chi connectivity index (χ2n) is 5.78. The van der Waals surface area contributed by atoms with Crippen molar-refractivity contribution in [2.45, 2.75) is 54.4 Å². The van der Waals surface area contributed by atoms with E-state index in [9.17, 15) is 5.11 Å². The van der Waals surface area contributed by atoms with Crippen LogP contribution in [0.5, 0.6) is 0 Å². The van der Waals surface area contributed by atoms with Crippen molar-refractivity contribution in [2.75, 3.05) is 13.1 Å². The molecule has 0 unspecified atom stereocenters. The number of aliphatic hydroxyl groups is 1. The summed E-state index contributed by atoms with van der Waals surface area (Å²) >= 11 is 1.84. The van der Waals surface area contributed by atoms with Gasteiger partial charge in [-0.3, -0.25) is 4.90 Å². The van der Waals surface area contributed by atoms with E-state index in [2.05, 4.69) is 29.2 Å². The molecule has 2 nitrogen and oxygen atoms in total. The van der Waals surface area contributed by atoms with Gasteiger partial charge < -0.3 is 5.11 Å². The SMILES string of the molecule is O[C@@H]1CN(C2CCCCC2)C[C@H]1Sc1ccccc1. The molecule has 19 heavy (non-hydrogen) atoms. The lowest BCUT2D eigenvalue weighted by molar-refractivity contribution is 0.143. The predicted molar refractivity (Wildman–Crippen MR) is 80.5 cm³/mol. The van der Waals surface area contributed by atoms with E-state index in [1.54, 1.807) is 0 Å². The molecule has 1 aromatic carbocycles. The highest BCUT2D eigenvalue weighted by atomic mass is 32.2. The maximum Gasteiger partial charge on any atom is 0.0801 e. The third-order valence-electron chi connectivity index (χ3n) is 4.39. The van der Waals surface area contributed by atoms with E-state index < -0.39 is 0 Å². The van der Waals surface area contributed by atoms with E-state index in [1.807, 2.05) is 17.8 Å². The van der Waals surface area contributed by atoms with Gasteiger partial charge in [-0.15, -0.1) is 11.8 Å². The van der Waals surface area contributed by atoms with Crippen LogP contribution in [0.3, 0.4) is 0 Å². The number of β-amino-alcohol motifs (C(OH)–C–C–N with tert-alkyl or cyclic N) is 1. The highest BCUT2D eigenvalue weighted by Crippen LogP contribution is 2.33. The highest BCUT2D eigenvalue weighted by molar-refractivity contribution is 8.00. The molecular formula is C16H23NOS. The molecule has 2 aliphatic rings. The Hall–Kier alpha value is -0.510. The molecule has 104 valence electrons. The fourth-order valence-electron chi connectivity index (χ4n) is 3.32. The van der Waals surface area contributed by atoms with E-state index in [0.717, 1.165) is 19.1 Å². The molecule has 1 heterocycles. The van der Waals surface area contributed by atoms with E-state index >= 15 is 0 Å². The monoisotopic (exact) mass is 277 g/mol. The summed E-state index contributed by atoms with van der Waals surface area (Å²) in [6, 6.07) is 11.2. The summed E-state index contributed by atoms with van der Waals surface area (Å²) in [6.45, 7) is 1.92. The quantitative estimate of drug-likeness (QED) is 0.918. The Kier molecular flexibility index (Phi) is 4.46. The highest BCUT2D eigenvalue weighted by Gasteiger charge is 2.35. The molecule has 2 atom stereocenters. The molecule has 3 rings (SSSR count). The van der Waals surface area contributed by atoms with Crippen LogP contribution in [0, 0.1) is 0 Å². The lowest BCUT2D eigenvalue weighted by Gasteiger charge is -2.30. The molecule has 0 bridgehead atoms. The first-order valence-electron chi connectivity index (χ1n) is 7.47. The lowest BCUT2D eigenvalue weighted by Crippen LogP contribution is -2.35. The van der Waals surface area contributed by atoms with Crippen molar-refractivity contribution < 1.29 is 5.11 Å². The van der Waals surface area contributed by atoms with Gasteiger partial charge in [-0.1, -0.05) is 37.5 Å². The van der Waals surface area contributed by atoms with Gasteiger partial charge in [-0.25, -0.2) is 0 Å². The molecule has 1 aliphatic heterocycles. The fraction of sp³-hybridized carbons (Fsp3) is 0.625. The lowest BCUT2D eigenvalue weighted by atomic mass is 9.94. The molecule has 1 aromatic rings. The average molecular weight is 277 g/mol. The summed E-state index contributed by atoms with van der Waals surface area (Å²) in [5, 5.41) is 10.6. The van der Waals surface area contributed by atoms with Gasteiger partial charge in [0.1, 0.15) is 0 Å². The van der Waals surface area contributed by atoms with Crippen LogP contribution >= 0.6 is 11.8 Å². The molecule has 1 N–H and O–H groups in total. The Labute approximate surface area is 120 Å². The number of likely N-dealkylation sites (tertiary alicyclic amines) is 1. The standard InChI is InChI=1S/C16H23NOS/c18-15-11-17(13-7-3-1-4-8-13)12-16(15)19-14-9-5-2-6-10-14/h2,5-6,9-10,13,15-16,18H,1,3-4,7-8,11-12H2/t15-,16-/m1/s1. The van der Waals surface area contributed by atoms with Crippen LogP contribution in [-0.4, -0.2) is 40.5 Å². The number of benzene rings is 1. The molecule has 1 saturated carbocycles. The number of hydrogen-bond donors (Lipinski definition) is 1. The van der Waals surface area contributed by atoms with Crippen molar-refractivity contribution in [1.29, 1.82) is 0 Å². The zero-order valence-electron chi connectivity index (χ0n) is 11.4. The Bertz CT molecular complexity index is 391. The number of hydrogen-bond acceptors (Lipinski definition) is 3. The molecule has 0 aromatic heterocycles. The van der Waals surface area contributed by atoms with Gasteiger partial charge in [0.2, 0.25) is 0 Å². The van der Waals surface area contributed by atoms with E-state index in [0.29, 0.717) is 5.25 Å². The molecule has 3 heteroatoms. The third-order valence-corrected chi connectivity index (χ3v) is 5.70. The first-order valence-corrected chi connectivity index (χ1v) is 8.35. The topological polar surface area (TPSA) is 23.5 Å². The first-order chi connectivity index (χ1) is 9.33. The van der Waals surface area contributed by atoms with Gasteiger partial charge in [0.05, 0.1) is 6.10 Å². The summed E-state index contributed by atoms with van der Waals surface area (Å²) in [4.78, 5) is 3.81. The maximum atomic E-state index is 10.3. The fourth-order valence-corrected chi connectivity index (χ4v) is 4.49. The Morgan fingerprint density at radius 1 is 1.00 bits per heavy atom. The van der Waals surface area contributed by atoms with E-state index in [-0.39, 0.29) is 6.10 Å². The van der Waals surface area contributed by atoms with Gasteiger partial charge in [0.15, 0.2) is 0 Å². The maximum absolute atomic E-state index is 10.3. The van der Waals surface area contributed by atoms with Crippen molar-refractivity contribution >= 4 is 11.8 Å². The van der Waals surface area contributed by atoms with Gasteiger partial charge >= 0.3 is 0 Å². The summed E-state index contributed by atoms with van der Waals surface area (Å²) in [6.07, 6.45) is 6.62. The van der Waals surface area contributed by atoms with Gasteiger partial charge in [-0.05, 0) is 25.0 Å². The number of rotatable bonds is 3. The van der Waals surface area contributed by atoms with Crippen LogP contribution in [0.15, 0.2) is 35.2 Å². The minimum absolute atomic E-state index is 0.174. The van der Waals surface area contributed by atoms with Crippen molar-refractivity contribution in [3.8, 4) is 0 Å². The zero-order chi connectivity index (χ0) is 13.1.